The molecule has 0 aliphatic carbocycles. The third kappa shape index (κ3) is 2.43. The van der Waals surface area contributed by atoms with Crippen molar-refractivity contribution in [2.75, 3.05) is 7.05 Å². The van der Waals surface area contributed by atoms with E-state index < -0.39 is 4.92 Å². The van der Waals surface area contributed by atoms with Crippen molar-refractivity contribution in [3.05, 3.63) is 40.3 Å². The molecule has 1 N–H and O–H groups in total. The number of aromatic nitrogens is 2. The summed E-state index contributed by atoms with van der Waals surface area (Å²) in [6, 6.07) is 4.90. The average Bonchev–Trinajstić information content (AvgIpc) is 2.38. The Bertz CT molecular complexity index is 585. The Morgan fingerprint density at radius 3 is 2.89 bits per heavy atom. The van der Waals surface area contributed by atoms with Crippen LogP contribution < -0.4 is 5.32 Å². The molecule has 18 heavy (non-hydrogen) atoms. The van der Waals surface area contributed by atoms with Crippen LogP contribution in [0.2, 0.25) is 0 Å². The molecule has 0 spiro atoms. The lowest BCUT2D eigenvalue weighted by molar-refractivity contribution is -0.384. The molecule has 6 heteroatoms. The standard InChI is InChI=1S/C12H14N4O2/c1-8(13-2)5-12-10-6-9(16(17)18)3-4-11(10)14-7-15-12/h3-4,6-8,13H,5H2,1-2H3. The van der Waals surface area contributed by atoms with Gasteiger partial charge in [0.2, 0.25) is 0 Å². The summed E-state index contributed by atoms with van der Waals surface area (Å²) in [5, 5.41) is 14.7. The minimum absolute atomic E-state index is 0.0654. The van der Waals surface area contributed by atoms with Crippen molar-refractivity contribution in [2.24, 2.45) is 0 Å². The predicted octanol–water partition coefficient (Wildman–Crippen LogP) is 1.69. The fourth-order valence-corrected chi connectivity index (χ4v) is 1.77. The number of rotatable bonds is 4. The van der Waals surface area contributed by atoms with Crippen LogP contribution in [0.1, 0.15) is 12.6 Å². The summed E-state index contributed by atoms with van der Waals surface area (Å²) in [4.78, 5) is 18.7. The zero-order valence-electron chi connectivity index (χ0n) is 10.3. The molecule has 1 heterocycles. The first-order valence-corrected chi connectivity index (χ1v) is 5.67. The van der Waals surface area contributed by atoms with Crippen molar-refractivity contribution >= 4 is 16.6 Å². The van der Waals surface area contributed by atoms with Gasteiger partial charge in [0.15, 0.2) is 0 Å². The van der Waals surface area contributed by atoms with Crippen LogP contribution in [0.3, 0.4) is 0 Å². The highest BCUT2D eigenvalue weighted by Gasteiger charge is 2.12. The number of benzene rings is 1. The maximum Gasteiger partial charge on any atom is 0.270 e. The smallest absolute Gasteiger partial charge is 0.270 e. The molecule has 1 unspecified atom stereocenters. The summed E-state index contributed by atoms with van der Waals surface area (Å²) in [5.41, 5.74) is 1.62. The van der Waals surface area contributed by atoms with Crippen LogP contribution >= 0.6 is 0 Å². The molecule has 0 fully saturated rings. The van der Waals surface area contributed by atoms with Crippen LogP contribution in [0, 0.1) is 10.1 Å². The van der Waals surface area contributed by atoms with Crippen molar-refractivity contribution in [3.63, 3.8) is 0 Å². The number of nitro groups is 1. The Kier molecular flexibility index (Phi) is 3.47. The molecule has 0 saturated heterocycles. The monoisotopic (exact) mass is 246 g/mol. The van der Waals surface area contributed by atoms with Crippen LogP contribution in [0.4, 0.5) is 5.69 Å². The second kappa shape index (κ2) is 5.05. The molecular formula is C12H14N4O2. The molecule has 0 amide bonds. The SMILES string of the molecule is CNC(C)Cc1ncnc2ccc([N+](=O)[O-])cc12. The number of nitro benzene ring substituents is 1. The molecular weight excluding hydrogens is 232 g/mol. The molecule has 0 aliphatic rings. The summed E-state index contributed by atoms with van der Waals surface area (Å²) in [6.45, 7) is 2.03. The predicted molar refractivity (Wildman–Crippen MR) is 68.4 cm³/mol. The summed E-state index contributed by atoms with van der Waals surface area (Å²) < 4.78 is 0. The first-order chi connectivity index (χ1) is 8.61. The second-order valence-electron chi connectivity index (χ2n) is 4.17. The van der Waals surface area contributed by atoms with E-state index in [0.717, 1.165) is 16.6 Å². The van der Waals surface area contributed by atoms with Crippen LogP contribution in [0.15, 0.2) is 24.5 Å². The van der Waals surface area contributed by atoms with E-state index in [9.17, 15) is 10.1 Å². The molecule has 0 bridgehead atoms. The van der Waals surface area contributed by atoms with Gasteiger partial charge in [-0.15, -0.1) is 0 Å². The highest BCUT2D eigenvalue weighted by molar-refractivity contribution is 5.83. The molecule has 1 aromatic carbocycles. The first kappa shape index (κ1) is 12.4. The molecule has 1 aromatic heterocycles. The van der Waals surface area contributed by atoms with Gasteiger partial charge in [0.05, 0.1) is 16.1 Å². The maximum atomic E-state index is 10.8. The number of non-ortho nitro benzene ring substituents is 1. The molecule has 0 aliphatic heterocycles. The van der Waals surface area contributed by atoms with Crippen LogP contribution in [0.25, 0.3) is 10.9 Å². The second-order valence-corrected chi connectivity index (χ2v) is 4.17. The Hall–Kier alpha value is -2.08. The highest BCUT2D eigenvalue weighted by atomic mass is 16.6. The van der Waals surface area contributed by atoms with Gasteiger partial charge in [0.25, 0.3) is 5.69 Å². The molecule has 0 saturated carbocycles. The van der Waals surface area contributed by atoms with Gasteiger partial charge in [-0.3, -0.25) is 10.1 Å². The molecule has 0 radical (unpaired) electrons. The normalized spacial score (nSPS) is 12.6. The van der Waals surface area contributed by atoms with E-state index in [1.54, 1.807) is 6.07 Å². The molecule has 94 valence electrons. The average molecular weight is 246 g/mol. The number of likely N-dealkylation sites (N-methyl/N-ethyl adjacent to an activating group) is 1. The topological polar surface area (TPSA) is 81.0 Å². The zero-order valence-corrected chi connectivity index (χ0v) is 10.3. The zero-order chi connectivity index (χ0) is 13.1. The van der Waals surface area contributed by atoms with E-state index >= 15 is 0 Å². The van der Waals surface area contributed by atoms with Gasteiger partial charge in [0, 0.05) is 30.0 Å². The lowest BCUT2D eigenvalue weighted by Gasteiger charge is -2.10. The van der Waals surface area contributed by atoms with Crippen LogP contribution in [-0.2, 0) is 6.42 Å². The third-order valence-corrected chi connectivity index (χ3v) is 2.90. The Labute approximate surface area is 104 Å². The summed E-state index contributed by atoms with van der Waals surface area (Å²) in [5.74, 6) is 0. The Balaban J connectivity index is 2.51. The van der Waals surface area contributed by atoms with Gasteiger partial charge >= 0.3 is 0 Å². The fourth-order valence-electron chi connectivity index (χ4n) is 1.77. The number of fused-ring (bicyclic) bond motifs is 1. The van der Waals surface area contributed by atoms with Crippen LogP contribution in [0.5, 0.6) is 0 Å². The highest BCUT2D eigenvalue weighted by Crippen LogP contribution is 2.21. The van der Waals surface area contributed by atoms with E-state index in [0.29, 0.717) is 6.42 Å². The van der Waals surface area contributed by atoms with Gasteiger partial charge in [0.1, 0.15) is 6.33 Å². The van der Waals surface area contributed by atoms with Gasteiger partial charge in [-0.2, -0.15) is 0 Å². The van der Waals surface area contributed by atoms with Gasteiger partial charge < -0.3 is 5.32 Å². The van der Waals surface area contributed by atoms with Gasteiger partial charge in [-0.1, -0.05) is 0 Å². The first-order valence-electron chi connectivity index (χ1n) is 5.67. The van der Waals surface area contributed by atoms with E-state index in [1.165, 1.54) is 18.5 Å². The quantitative estimate of drug-likeness (QED) is 0.655. The van der Waals surface area contributed by atoms with E-state index in [-0.39, 0.29) is 11.7 Å². The Morgan fingerprint density at radius 1 is 1.44 bits per heavy atom. The van der Waals surface area contributed by atoms with Crippen molar-refractivity contribution < 1.29 is 4.92 Å². The van der Waals surface area contributed by atoms with Crippen molar-refractivity contribution in [2.45, 2.75) is 19.4 Å². The number of nitrogens with zero attached hydrogens (tertiary/aromatic N) is 3. The lowest BCUT2D eigenvalue weighted by atomic mass is 10.1. The van der Waals surface area contributed by atoms with Crippen molar-refractivity contribution in [1.82, 2.24) is 15.3 Å². The van der Waals surface area contributed by atoms with E-state index in [1.807, 2.05) is 14.0 Å². The lowest BCUT2D eigenvalue weighted by Crippen LogP contribution is -2.24. The summed E-state index contributed by atoms with van der Waals surface area (Å²) in [7, 11) is 1.87. The largest absolute Gasteiger partial charge is 0.317 e. The molecule has 6 nitrogen and oxygen atoms in total. The number of hydrogen-bond donors (Lipinski definition) is 1. The van der Waals surface area contributed by atoms with Gasteiger partial charge in [-0.25, -0.2) is 9.97 Å². The molecule has 1 atom stereocenters. The summed E-state index contributed by atoms with van der Waals surface area (Å²) >= 11 is 0. The third-order valence-electron chi connectivity index (χ3n) is 2.90. The van der Waals surface area contributed by atoms with E-state index in [2.05, 4.69) is 15.3 Å². The van der Waals surface area contributed by atoms with Crippen LogP contribution in [-0.4, -0.2) is 28.0 Å². The number of nitrogens with one attached hydrogen (secondary N) is 1. The minimum atomic E-state index is -0.405. The maximum absolute atomic E-state index is 10.8. The minimum Gasteiger partial charge on any atom is -0.317 e. The van der Waals surface area contributed by atoms with Gasteiger partial charge in [-0.05, 0) is 20.0 Å². The van der Waals surface area contributed by atoms with Crippen molar-refractivity contribution in [3.8, 4) is 0 Å². The van der Waals surface area contributed by atoms with E-state index in [4.69, 9.17) is 0 Å². The molecule has 2 aromatic rings. The van der Waals surface area contributed by atoms with Crippen molar-refractivity contribution in [1.29, 1.82) is 0 Å². The Morgan fingerprint density at radius 2 is 2.22 bits per heavy atom. The summed E-state index contributed by atoms with van der Waals surface area (Å²) in [6.07, 6.45) is 2.20. The molecule has 2 rings (SSSR count). The fraction of sp³-hybridized carbons (Fsp3) is 0.333. The number of hydrogen-bond acceptors (Lipinski definition) is 5.